The highest BCUT2D eigenvalue weighted by molar-refractivity contribution is 5.73. The van der Waals surface area contributed by atoms with Gasteiger partial charge in [-0.2, -0.15) is 0 Å². The van der Waals surface area contributed by atoms with Crippen LogP contribution < -0.4 is 5.32 Å². The summed E-state index contributed by atoms with van der Waals surface area (Å²) in [5, 5.41) is 2.80. The Morgan fingerprint density at radius 3 is 2.08 bits per heavy atom. The van der Waals surface area contributed by atoms with E-state index in [2.05, 4.69) is 5.32 Å². The summed E-state index contributed by atoms with van der Waals surface area (Å²) >= 11 is 0. The molecule has 0 aliphatic carbocycles. The number of ether oxygens (including phenoxy) is 1. The first-order valence-electron chi connectivity index (χ1n) is 4.67. The van der Waals surface area contributed by atoms with Crippen LogP contribution in [0, 0.1) is 0 Å². The van der Waals surface area contributed by atoms with Gasteiger partial charge in [-0.15, -0.1) is 0 Å². The van der Waals surface area contributed by atoms with Gasteiger partial charge in [0.2, 0.25) is 5.91 Å². The molecule has 0 aliphatic rings. The zero-order chi connectivity index (χ0) is 10.6. The molecule has 0 spiro atoms. The molecule has 1 amide bonds. The lowest BCUT2D eigenvalue weighted by Gasteiger charge is -2.29. The zero-order valence-corrected chi connectivity index (χ0v) is 9.47. The second kappa shape index (κ2) is 4.61. The van der Waals surface area contributed by atoms with Crippen molar-refractivity contribution in [3.8, 4) is 0 Å². The maximum absolute atomic E-state index is 10.8. The first kappa shape index (κ1) is 12.4. The van der Waals surface area contributed by atoms with Crippen molar-refractivity contribution in [3.63, 3.8) is 0 Å². The first-order valence-corrected chi connectivity index (χ1v) is 4.67. The van der Waals surface area contributed by atoms with E-state index >= 15 is 0 Å². The molecule has 1 N–H and O–H groups in total. The molecule has 0 aromatic heterocycles. The fourth-order valence-corrected chi connectivity index (χ4v) is 1.10. The van der Waals surface area contributed by atoms with Gasteiger partial charge in [-0.1, -0.05) is 0 Å². The lowest BCUT2D eigenvalue weighted by molar-refractivity contribution is -0.122. The third-order valence-corrected chi connectivity index (χ3v) is 1.67. The van der Waals surface area contributed by atoms with Crippen LogP contribution in [0.1, 0.15) is 41.5 Å². The number of rotatable bonds is 3. The van der Waals surface area contributed by atoms with Crippen molar-refractivity contribution < 1.29 is 9.53 Å². The molecular formula is C10H21NO2. The zero-order valence-electron chi connectivity index (χ0n) is 9.47. The van der Waals surface area contributed by atoms with Gasteiger partial charge in [0.15, 0.2) is 0 Å². The monoisotopic (exact) mass is 187 g/mol. The molecule has 0 bridgehead atoms. The van der Waals surface area contributed by atoms with E-state index in [-0.39, 0.29) is 23.7 Å². The standard InChI is InChI=1S/C10H21NO2/c1-7(11-9(3)12)8(2)13-10(4,5)6/h7-8H,1-6H3,(H,11,12). The Hall–Kier alpha value is -0.570. The van der Waals surface area contributed by atoms with Crippen LogP contribution in [0.15, 0.2) is 0 Å². The van der Waals surface area contributed by atoms with E-state index in [1.807, 2.05) is 34.6 Å². The molecule has 0 aromatic carbocycles. The molecule has 0 rings (SSSR count). The van der Waals surface area contributed by atoms with E-state index in [4.69, 9.17) is 4.74 Å². The van der Waals surface area contributed by atoms with Crippen molar-refractivity contribution in [3.05, 3.63) is 0 Å². The average molecular weight is 187 g/mol. The Kier molecular flexibility index (Phi) is 4.40. The lowest BCUT2D eigenvalue weighted by Crippen LogP contribution is -2.42. The largest absolute Gasteiger partial charge is 0.371 e. The lowest BCUT2D eigenvalue weighted by atomic mass is 10.1. The van der Waals surface area contributed by atoms with Gasteiger partial charge in [-0.3, -0.25) is 4.79 Å². The van der Waals surface area contributed by atoms with Gasteiger partial charge in [0, 0.05) is 6.92 Å². The van der Waals surface area contributed by atoms with Crippen molar-refractivity contribution in [2.24, 2.45) is 0 Å². The van der Waals surface area contributed by atoms with Crippen LogP contribution in [-0.4, -0.2) is 23.7 Å². The van der Waals surface area contributed by atoms with Crippen LogP contribution >= 0.6 is 0 Å². The minimum atomic E-state index is -0.161. The minimum Gasteiger partial charge on any atom is -0.371 e. The van der Waals surface area contributed by atoms with Crippen LogP contribution in [0.3, 0.4) is 0 Å². The number of nitrogens with one attached hydrogen (secondary N) is 1. The summed E-state index contributed by atoms with van der Waals surface area (Å²) in [6.45, 7) is 11.4. The molecule has 0 fully saturated rings. The Morgan fingerprint density at radius 1 is 1.31 bits per heavy atom. The van der Waals surface area contributed by atoms with E-state index in [0.717, 1.165) is 0 Å². The second-order valence-corrected chi connectivity index (χ2v) is 4.42. The molecule has 78 valence electrons. The maximum Gasteiger partial charge on any atom is 0.217 e. The van der Waals surface area contributed by atoms with E-state index in [1.165, 1.54) is 6.92 Å². The van der Waals surface area contributed by atoms with E-state index in [1.54, 1.807) is 0 Å². The first-order chi connectivity index (χ1) is 5.72. The number of carbonyl (C=O) groups excluding carboxylic acids is 1. The molecule has 0 radical (unpaired) electrons. The number of hydrogen-bond acceptors (Lipinski definition) is 2. The summed E-state index contributed by atoms with van der Waals surface area (Å²) in [5.74, 6) is -0.0168. The van der Waals surface area contributed by atoms with Crippen LogP contribution in [0.2, 0.25) is 0 Å². The molecule has 3 heteroatoms. The van der Waals surface area contributed by atoms with Gasteiger partial charge in [-0.05, 0) is 34.6 Å². The highest BCUT2D eigenvalue weighted by Crippen LogP contribution is 2.12. The summed E-state index contributed by atoms with van der Waals surface area (Å²) < 4.78 is 5.69. The normalized spacial score (nSPS) is 16.5. The smallest absolute Gasteiger partial charge is 0.217 e. The van der Waals surface area contributed by atoms with Crippen molar-refractivity contribution >= 4 is 5.91 Å². The molecule has 13 heavy (non-hydrogen) atoms. The number of hydrogen-bond donors (Lipinski definition) is 1. The van der Waals surface area contributed by atoms with Crippen molar-refractivity contribution in [1.29, 1.82) is 0 Å². The summed E-state index contributed by atoms with van der Waals surface area (Å²) in [6, 6.07) is 0.0525. The highest BCUT2D eigenvalue weighted by Gasteiger charge is 2.20. The molecule has 2 atom stereocenters. The minimum absolute atomic E-state index is 0.0168. The molecule has 0 saturated heterocycles. The van der Waals surface area contributed by atoms with Crippen molar-refractivity contribution in [2.45, 2.75) is 59.3 Å². The van der Waals surface area contributed by atoms with E-state index in [0.29, 0.717) is 0 Å². The molecule has 2 unspecified atom stereocenters. The molecule has 0 heterocycles. The number of carbonyl (C=O) groups is 1. The summed E-state index contributed by atoms with van der Waals surface area (Å²) in [6.07, 6.45) is 0.0314. The fourth-order valence-electron chi connectivity index (χ4n) is 1.10. The van der Waals surface area contributed by atoms with Gasteiger partial charge < -0.3 is 10.1 Å². The van der Waals surface area contributed by atoms with E-state index < -0.39 is 0 Å². The predicted molar refractivity (Wildman–Crippen MR) is 53.6 cm³/mol. The Balaban J connectivity index is 3.96. The van der Waals surface area contributed by atoms with Crippen LogP contribution in [0.25, 0.3) is 0 Å². The quantitative estimate of drug-likeness (QED) is 0.730. The van der Waals surface area contributed by atoms with Gasteiger partial charge in [0.25, 0.3) is 0 Å². The van der Waals surface area contributed by atoms with Crippen LogP contribution in [-0.2, 0) is 9.53 Å². The fraction of sp³-hybridized carbons (Fsp3) is 0.900. The summed E-state index contributed by atoms with van der Waals surface area (Å²) in [7, 11) is 0. The van der Waals surface area contributed by atoms with Gasteiger partial charge >= 0.3 is 0 Å². The number of amides is 1. The Bertz CT molecular complexity index is 172. The molecular weight excluding hydrogens is 166 g/mol. The molecule has 0 saturated carbocycles. The average Bonchev–Trinajstić information content (AvgIpc) is 1.81. The highest BCUT2D eigenvalue weighted by atomic mass is 16.5. The SMILES string of the molecule is CC(=O)NC(C)C(C)OC(C)(C)C. The molecule has 3 nitrogen and oxygen atoms in total. The maximum atomic E-state index is 10.8. The summed E-state index contributed by atoms with van der Waals surface area (Å²) in [5.41, 5.74) is -0.161. The molecule has 0 aromatic rings. The third-order valence-electron chi connectivity index (χ3n) is 1.67. The van der Waals surface area contributed by atoms with Crippen molar-refractivity contribution in [2.75, 3.05) is 0 Å². The van der Waals surface area contributed by atoms with Crippen molar-refractivity contribution in [1.82, 2.24) is 5.32 Å². The topological polar surface area (TPSA) is 38.3 Å². The predicted octanol–water partition coefficient (Wildman–Crippen LogP) is 1.71. The third kappa shape index (κ3) is 6.58. The second-order valence-electron chi connectivity index (χ2n) is 4.42. The Morgan fingerprint density at radius 2 is 1.77 bits per heavy atom. The Labute approximate surface area is 80.8 Å². The van der Waals surface area contributed by atoms with Gasteiger partial charge in [0.05, 0.1) is 17.7 Å². The molecule has 0 aliphatic heterocycles. The van der Waals surface area contributed by atoms with Gasteiger partial charge in [-0.25, -0.2) is 0 Å². The van der Waals surface area contributed by atoms with Gasteiger partial charge in [0.1, 0.15) is 0 Å². The van der Waals surface area contributed by atoms with Crippen LogP contribution in [0.5, 0.6) is 0 Å². The summed E-state index contributed by atoms with van der Waals surface area (Å²) in [4.78, 5) is 10.8. The van der Waals surface area contributed by atoms with Crippen LogP contribution in [0.4, 0.5) is 0 Å². The van der Waals surface area contributed by atoms with E-state index in [9.17, 15) is 4.79 Å².